The lowest BCUT2D eigenvalue weighted by atomic mass is 9.99. The monoisotopic (exact) mass is 352 g/mol. The van der Waals surface area contributed by atoms with Gasteiger partial charge in [-0.3, -0.25) is 9.78 Å². The zero-order chi connectivity index (χ0) is 18.7. The number of rotatable bonds is 4. The van der Waals surface area contributed by atoms with Gasteiger partial charge in [0.2, 0.25) is 5.91 Å². The summed E-state index contributed by atoms with van der Waals surface area (Å²) in [5, 5.41) is 0. The van der Waals surface area contributed by atoms with E-state index in [0.29, 0.717) is 31.9 Å². The van der Waals surface area contributed by atoms with Gasteiger partial charge in [-0.25, -0.2) is 4.98 Å². The largest absolute Gasteiger partial charge is 0.378 e. The summed E-state index contributed by atoms with van der Waals surface area (Å²) < 4.78 is 7.23. The Morgan fingerprint density at radius 1 is 1.35 bits per heavy atom. The first kappa shape index (κ1) is 18.1. The maximum Gasteiger partial charge on any atom is 0.249 e. The third-order valence-corrected chi connectivity index (χ3v) is 4.39. The number of hydrogen-bond donors (Lipinski definition) is 0. The number of morpholine rings is 1. The van der Waals surface area contributed by atoms with Gasteiger partial charge in [0.25, 0.3) is 0 Å². The van der Waals surface area contributed by atoms with Gasteiger partial charge in [-0.15, -0.1) is 0 Å². The van der Waals surface area contributed by atoms with Crippen LogP contribution in [0, 0.1) is 6.92 Å². The molecular formula is C20H24N4O2. The van der Waals surface area contributed by atoms with Gasteiger partial charge >= 0.3 is 0 Å². The Bertz CT molecular complexity index is 861. The molecule has 1 fully saturated rings. The Kier molecular flexibility index (Phi) is 5.32. The first-order chi connectivity index (χ1) is 12.5. The Morgan fingerprint density at radius 2 is 2.08 bits per heavy atom. The van der Waals surface area contributed by atoms with Crippen LogP contribution < -0.4 is 0 Å². The SMILES string of the molecule is C=Cc1nc(C)cc(-c2cn(C)cn2)c1/C=C(\C)C(=O)N1CCOCC1. The number of ether oxygens (including phenoxy) is 1. The first-order valence-electron chi connectivity index (χ1n) is 8.67. The minimum Gasteiger partial charge on any atom is -0.378 e. The van der Waals surface area contributed by atoms with E-state index < -0.39 is 0 Å². The molecule has 26 heavy (non-hydrogen) atoms. The molecule has 0 radical (unpaired) electrons. The van der Waals surface area contributed by atoms with Crippen molar-refractivity contribution in [3.8, 4) is 11.3 Å². The molecule has 3 rings (SSSR count). The molecule has 1 saturated heterocycles. The molecule has 1 aliphatic rings. The van der Waals surface area contributed by atoms with Crippen LogP contribution in [-0.2, 0) is 16.6 Å². The van der Waals surface area contributed by atoms with E-state index >= 15 is 0 Å². The van der Waals surface area contributed by atoms with E-state index in [9.17, 15) is 4.79 Å². The summed E-state index contributed by atoms with van der Waals surface area (Å²) in [5.41, 5.74) is 4.96. The lowest BCUT2D eigenvalue weighted by Crippen LogP contribution is -2.41. The maximum absolute atomic E-state index is 12.8. The van der Waals surface area contributed by atoms with E-state index in [1.165, 1.54) is 0 Å². The Hall–Kier alpha value is -2.73. The molecule has 1 amide bonds. The summed E-state index contributed by atoms with van der Waals surface area (Å²) in [4.78, 5) is 23.6. The molecule has 0 N–H and O–H groups in total. The standard InChI is InChI=1S/C20H24N4O2/c1-5-18-16(10-14(2)20(25)24-6-8-26-9-7-24)17(11-15(3)22-18)19-12-23(4)13-21-19/h5,10-13H,1,6-9H2,2-4H3/b14-10+. The molecule has 0 bridgehead atoms. The van der Waals surface area contributed by atoms with E-state index in [2.05, 4.69) is 16.5 Å². The van der Waals surface area contributed by atoms with Gasteiger partial charge in [0.1, 0.15) is 0 Å². The van der Waals surface area contributed by atoms with Crippen LogP contribution in [0.5, 0.6) is 0 Å². The van der Waals surface area contributed by atoms with Crippen LogP contribution in [0.4, 0.5) is 0 Å². The minimum absolute atomic E-state index is 0.0239. The molecule has 0 spiro atoms. The zero-order valence-electron chi connectivity index (χ0n) is 15.5. The highest BCUT2D eigenvalue weighted by Gasteiger charge is 2.19. The number of imidazole rings is 1. The first-order valence-corrected chi connectivity index (χ1v) is 8.67. The van der Waals surface area contributed by atoms with Crippen molar-refractivity contribution in [2.45, 2.75) is 13.8 Å². The predicted octanol–water partition coefficient (Wildman–Crippen LogP) is 2.70. The Morgan fingerprint density at radius 3 is 2.69 bits per heavy atom. The molecule has 1 aliphatic heterocycles. The van der Waals surface area contributed by atoms with Crippen LogP contribution in [0.15, 0.2) is 30.7 Å². The Labute approximate surface area is 153 Å². The van der Waals surface area contributed by atoms with Crippen molar-refractivity contribution in [3.63, 3.8) is 0 Å². The van der Waals surface area contributed by atoms with Gasteiger partial charge in [0.15, 0.2) is 0 Å². The van der Waals surface area contributed by atoms with E-state index in [1.54, 1.807) is 12.4 Å². The van der Waals surface area contributed by atoms with Gasteiger partial charge in [0, 0.05) is 48.7 Å². The molecule has 0 saturated carbocycles. The summed E-state index contributed by atoms with van der Waals surface area (Å²) >= 11 is 0. The molecule has 0 unspecified atom stereocenters. The molecular weight excluding hydrogens is 328 g/mol. The summed E-state index contributed by atoms with van der Waals surface area (Å²) in [7, 11) is 1.93. The molecule has 0 aliphatic carbocycles. The van der Waals surface area contributed by atoms with Crippen LogP contribution >= 0.6 is 0 Å². The maximum atomic E-state index is 12.8. The second-order valence-electron chi connectivity index (χ2n) is 6.47. The van der Waals surface area contributed by atoms with Gasteiger partial charge in [-0.1, -0.05) is 6.58 Å². The van der Waals surface area contributed by atoms with Crippen LogP contribution in [0.2, 0.25) is 0 Å². The highest BCUT2D eigenvalue weighted by atomic mass is 16.5. The van der Waals surface area contributed by atoms with E-state index in [0.717, 1.165) is 28.2 Å². The molecule has 2 aromatic rings. The molecule has 3 heterocycles. The van der Waals surface area contributed by atoms with Gasteiger partial charge in [-0.2, -0.15) is 0 Å². The van der Waals surface area contributed by atoms with Crippen LogP contribution in [0.1, 0.15) is 23.9 Å². The van der Waals surface area contributed by atoms with Crippen LogP contribution in [0.3, 0.4) is 0 Å². The topological polar surface area (TPSA) is 60.2 Å². The normalized spacial score (nSPS) is 15.2. The molecule has 0 atom stereocenters. The number of aryl methyl sites for hydroxylation is 2. The number of hydrogen-bond acceptors (Lipinski definition) is 4. The van der Waals surface area contributed by atoms with E-state index in [-0.39, 0.29) is 5.91 Å². The fourth-order valence-electron chi connectivity index (χ4n) is 3.07. The van der Waals surface area contributed by atoms with Crippen molar-refractivity contribution in [2.75, 3.05) is 26.3 Å². The average molecular weight is 352 g/mol. The molecule has 0 aromatic carbocycles. The minimum atomic E-state index is 0.0239. The quantitative estimate of drug-likeness (QED) is 0.794. The fourth-order valence-corrected chi connectivity index (χ4v) is 3.07. The highest BCUT2D eigenvalue weighted by molar-refractivity contribution is 5.99. The summed E-state index contributed by atoms with van der Waals surface area (Å²) in [6.45, 7) is 10.1. The van der Waals surface area contributed by atoms with Gasteiger partial charge in [0.05, 0.1) is 30.9 Å². The van der Waals surface area contributed by atoms with Crippen molar-refractivity contribution in [3.05, 3.63) is 47.7 Å². The van der Waals surface area contributed by atoms with Crippen molar-refractivity contribution in [2.24, 2.45) is 7.05 Å². The van der Waals surface area contributed by atoms with Crippen molar-refractivity contribution >= 4 is 18.1 Å². The average Bonchev–Trinajstić information content (AvgIpc) is 3.08. The molecule has 6 nitrogen and oxygen atoms in total. The number of nitrogens with zero attached hydrogens (tertiary/aromatic N) is 4. The summed E-state index contributed by atoms with van der Waals surface area (Å²) in [5.74, 6) is 0.0239. The second-order valence-corrected chi connectivity index (χ2v) is 6.47. The van der Waals surface area contributed by atoms with Crippen LogP contribution in [0.25, 0.3) is 23.4 Å². The smallest absolute Gasteiger partial charge is 0.249 e. The number of amides is 1. The summed E-state index contributed by atoms with van der Waals surface area (Å²) in [6.07, 6.45) is 7.33. The number of carbonyl (C=O) groups excluding carboxylic acids is 1. The molecule has 136 valence electrons. The lowest BCUT2D eigenvalue weighted by molar-refractivity contribution is -0.130. The fraction of sp³-hybridized carbons (Fsp3) is 0.350. The second kappa shape index (κ2) is 7.66. The van der Waals surface area contributed by atoms with Crippen molar-refractivity contribution in [1.82, 2.24) is 19.4 Å². The Balaban J connectivity index is 2.05. The van der Waals surface area contributed by atoms with E-state index in [4.69, 9.17) is 4.74 Å². The zero-order valence-corrected chi connectivity index (χ0v) is 15.5. The third kappa shape index (κ3) is 3.75. The number of carbonyl (C=O) groups is 1. The lowest BCUT2D eigenvalue weighted by Gasteiger charge is -2.27. The molecule has 6 heteroatoms. The van der Waals surface area contributed by atoms with Gasteiger partial charge < -0.3 is 14.2 Å². The van der Waals surface area contributed by atoms with Crippen LogP contribution in [-0.4, -0.2) is 51.6 Å². The number of pyridine rings is 1. The van der Waals surface area contributed by atoms with Gasteiger partial charge in [-0.05, 0) is 32.1 Å². The highest BCUT2D eigenvalue weighted by Crippen LogP contribution is 2.28. The summed E-state index contributed by atoms with van der Waals surface area (Å²) in [6, 6.07) is 1.99. The number of aromatic nitrogens is 3. The molecule has 2 aromatic heterocycles. The predicted molar refractivity (Wildman–Crippen MR) is 102 cm³/mol. The van der Waals surface area contributed by atoms with E-state index in [1.807, 2.05) is 48.7 Å². The van der Waals surface area contributed by atoms with Crippen molar-refractivity contribution < 1.29 is 9.53 Å². The third-order valence-electron chi connectivity index (χ3n) is 4.39. The van der Waals surface area contributed by atoms with Crippen molar-refractivity contribution in [1.29, 1.82) is 0 Å².